The highest BCUT2D eigenvalue weighted by molar-refractivity contribution is 7.92. The van der Waals surface area contributed by atoms with Crippen molar-refractivity contribution in [1.82, 2.24) is 4.98 Å². The number of carbonyl (C=O) groups excluding carboxylic acids is 1. The minimum absolute atomic E-state index is 0.0965. The molecular formula is C7H10N2O2S2. The van der Waals surface area contributed by atoms with Gasteiger partial charge >= 0.3 is 0 Å². The Labute approximate surface area is 83.3 Å². The summed E-state index contributed by atoms with van der Waals surface area (Å²) in [5.41, 5.74) is 4.94. The number of rotatable bonds is 4. The molecule has 0 bridgehead atoms. The van der Waals surface area contributed by atoms with E-state index in [9.17, 15) is 9.35 Å². The van der Waals surface area contributed by atoms with E-state index in [1.807, 2.05) is 5.38 Å². The number of aromatic nitrogens is 1. The maximum Gasteiger partial charge on any atom is 0.267 e. The fourth-order valence-corrected chi connectivity index (χ4v) is 2.69. The minimum Gasteiger partial charge on any atom is -0.615 e. The largest absolute Gasteiger partial charge is 0.615 e. The summed E-state index contributed by atoms with van der Waals surface area (Å²) in [6.07, 6.45) is 1.65. The first-order valence-electron chi connectivity index (χ1n) is 3.66. The second-order valence-electron chi connectivity index (χ2n) is 2.50. The molecule has 0 fully saturated rings. The summed E-state index contributed by atoms with van der Waals surface area (Å²) in [5, 5.41) is 2.37. The van der Waals surface area contributed by atoms with E-state index in [-0.39, 0.29) is 11.0 Å². The quantitative estimate of drug-likeness (QED) is 0.745. The molecule has 1 amide bonds. The predicted octanol–water partition coefficient (Wildman–Crippen LogP) is 0.438. The van der Waals surface area contributed by atoms with Gasteiger partial charge in [-0.25, -0.2) is 4.98 Å². The highest BCUT2D eigenvalue weighted by Crippen LogP contribution is 2.23. The van der Waals surface area contributed by atoms with E-state index >= 15 is 0 Å². The lowest BCUT2D eigenvalue weighted by molar-refractivity contribution is -0.115. The van der Waals surface area contributed by atoms with Crippen molar-refractivity contribution in [2.24, 2.45) is 5.73 Å². The van der Waals surface area contributed by atoms with Crippen molar-refractivity contribution < 1.29 is 9.35 Å². The van der Waals surface area contributed by atoms with Gasteiger partial charge in [0, 0.05) is 11.6 Å². The van der Waals surface area contributed by atoms with Gasteiger partial charge in [0.05, 0.1) is 0 Å². The van der Waals surface area contributed by atoms with E-state index in [2.05, 4.69) is 4.98 Å². The molecule has 1 rings (SSSR count). The Morgan fingerprint density at radius 3 is 3.08 bits per heavy atom. The van der Waals surface area contributed by atoms with E-state index < -0.39 is 17.1 Å². The predicted molar refractivity (Wildman–Crippen MR) is 52.7 cm³/mol. The normalized spacial score (nSPS) is 15.2. The van der Waals surface area contributed by atoms with Crippen LogP contribution in [0.1, 0.15) is 17.2 Å². The Kier molecular flexibility index (Phi) is 3.71. The zero-order valence-corrected chi connectivity index (χ0v) is 8.73. The van der Waals surface area contributed by atoms with Crippen LogP contribution in [0.4, 0.5) is 0 Å². The van der Waals surface area contributed by atoms with Gasteiger partial charge in [0.25, 0.3) is 5.91 Å². The molecule has 0 aliphatic rings. The van der Waals surface area contributed by atoms with Crippen molar-refractivity contribution in [3.8, 4) is 0 Å². The molecule has 0 radical (unpaired) electrons. The Morgan fingerprint density at radius 2 is 2.62 bits per heavy atom. The lowest BCUT2D eigenvalue weighted by Gasteiger charge is -2.14. The van der Waals surface area contributed by atoms with E-state index in [1.54, 1.807) is 13.1 Å². The molecule has 1 heterocycles. The number of hydrogen-bond donors (Lipinski definition) is 1. The average Bonchev–Trinajstić information content (AvgIpc) is 2.53. The molecule has 6 heteroatoms. The van der Waals surface area contributed by atoms with Crippen LogP contribution in [0.5, 0.6) is 0 Å². The lowest BCUT2D eigenvalue weighted by Crippen LogP contribution is -2.26. The van der Waals surface area contributed by atoms with Gasteiger partial charge in [-0.2, -0.15) is 0 Å². The maximum absolute atomic E-state index is 11.4. The molecule has 72 valence electrons. The zero-order valence-electron chi connectivity index (χ0n) is 7.10. The number of thiazole rings is 1. The Bertz CT molecular complexity index is 276. The van der Waals surface area contributed by atoms with Gasteiger partial charge in [-0.05, 0) is 18.1 Å². The van der Waals surface area contributed by atoms with Crippen LogP contribution < -0.4 is 5.73 Å². The molecule has 0 aliphatic heterocycles. The molecular weight excluding hydrogens is 208 g/mol. The number of carbonyl (C=O) groups is 1. The van der Waals surface area contributed by atoms with Gasteiger partial charge in [-0.3, -0.25) is 4.79 Å². The van der Waals surface area contributed by atoms with Gasteiger partial charge in [0.15, 0.2) is 11.0 Å². The number of hydrogen-bond acceptors (Lipinski definition) is 4. The molecule has 2 atom stereocenters. The van der Waals surface area contributed by atoms with E-state index in [0.29, 0.717) is 0 Å². The van der Waals surface area contributed by atoms with Gasteiger partial charge in [0.1, 0.15) is 5.01 Å². The van der Waals surface area contributed by atoms with Crippen molar-refractivity contribution in [1.29, 1.82) is 0 Å². The van der Waals surface area contributed by atoms with Crippen LogP contribution in [0, 0.1) is 0 Å². The number of nitrogens with two attached hydrogens (primary N) is 1. The molecule has 2 unspecified atom stereocenters. The van der Waals surface area contributed by atoms with E-state index in [1.165, 1.54) is 11.3 Å². The Balaban J connectivity index is 2.57. The maximum atomic E-state index is 11.4. The first-order valence-corrected chi connectivity index (χ1v) is 5.92. The fourth-order valence-electron chi connectivity index (χ4n) is 0.813. The molecule has 2 N–H and O–H groups in total. The summed E-state index contributed by atoms with van der Waals surface area (Å²) in [5.74, 6) is -0.637. The molecule has 0 saturated heterocycles. The first kappa shape index (κ1) is 10.5. The van der Waals surface area contributed by atoms with Gasteiger partial charge < -0.3 is 10.3 Å². The second kappa shape index (κ2) is 4.59. The summed E-state index contributed by atoms with van der Waals surface area (Å²) in [4.78, 5) is 14.5. The molecule has 0 spiro atoms. The van der Waals surface area contributed by atoms with Crippen LogP contribution in [0.15, 0.2) is 11.6 Å². The summed E-state index contributed by atoms with van der Waals surface area (Å²) in [7, 11) is 0. The van der Waals surface area contributed by atoms with Gasteiger partial charge in [0.2, 0.25) is 0 Å². The molecule has 0 aromatic carbocycles. The fraction of sp³-hybridized carbons (Fsp3) is 0.429. The lowest BCUT2D eigenvalue weighted by atomic mass is 10.5. The molecule has 13 heavy (non-hydrogen) atoms. The standard InChI is InChI=1S/C7H10N2O2S2/c1-5(7-9-2-3-12-7)13(11)4-6(8)10/h2-3,5H,4H2,1H3,(H2,8,10). The van der Waals surface area contributed by atoms with Crippen molar-refractivity contribution in [3.05, 3.63) is 16.6 Å². The topological polar surface area (TPSA) is 79.0 Å². The first-order chi connectivity index (χ1) is 6.11. The highest BCUT2D eigenvalue weighted by atomic mass is 32.2. The second-order valence-corrected chi connectivity index (χ2v) is 5.19. The van der Waals surface area contributed by atoms with Crippen LogP contribution >= 0.6 is 11.3 Å². The number of amides is 1. The van der Waals surface area contributed by atoms with Gasteiger partial charge in [-0.15, -0.1) is 11.3 Å². The van der Waals surface area contributed by atoms with E-state index in [4.69, 9.17) is 5.73 Å². The summed E-state index contributed by atoms with van der Waals surface area (Å²) >= 11 is 0.179. The molecule has 4 nitrogen and oxygen atoms in total. The Morgan fingerprint density at radius 1 is 1.92 bits per heavy atom. The third-order valence-corrected chi connectivity index (χ3v) is 4.17. The van der Waals surface area contributed by atoms with Crippen LogP contribution in [0.25, 0.3) is 0 Å². The van der Waals surface area contributed by atoms with Crippen LogP contribution in [-0.2, 0) is 16.0 Å². The zero-order chi connectivity index (χ0) is 9.84. The minimum atomic E-state index is -1.25. The highest BCUT2D eigenvalue weighted by Gasteiger charge is 2.23. The van der Waals surface area contributed by atoms with E-state index in [0.717, 1.165) is 5.01 Å². The SMILES string of the molecule is CC(c1nccs1)[S+]([O-])CC(N)=O. The average molecular weight is 218 g/mol. The smallest absolute Gasteiger partial charge is 0.267 e. The molecule has 0 saturated carbocycles. The summed E-state index contributed by atoms with van der Waals surface area (Å²) < 4.78 is 11.4. The van der Waals surface area contributed by atoms with Crippen LogP contribution in [-0.4, -0.2) is 21.2 Å². The van der Waals surface area contributed by atoms with Crippen molar-refractivity contribution in [3.63, 3.8) is 0 Å². The molecule has 1 aromatic heterocycles. The van der Waals surface area contributed by atoms with Crippen molar-refractivity contribution >= 4 is 28.4 Å². The summed E-state index contributed by atoms with van der Waals surface area (Å²) in [6, 6.07) is 0. The third kappa shape index (κ3) is 2.98. The van der Waals surface area contributed by atoms with Crippen molar-refractivity contribution in [2.75, 3.05) is 5.75 Å². The monoisotopic (exact) mass is 218 g/mol. The van der Waals surface area contributed by atoms with Crippen molar-refractivity contribution in [2.45, 2.75) is 12.2 Å². The third-order valence-electron chi connectivity index (χ3n) is 1.48. The number of nitrogens with zero attached hydrogens (tertiary/aromatic N) is 1. The molecule has 0 aliphatic carbocycles. The van der Waals surface area contributed by atoms with Crippen LogP contribution in [0.2, 0.25) is 0 Å². The number of primary amides is 1. The summed E-state index contributed by atoms with van der Waals surface area (Å²) in [6.45, 7) is 1.78. The molecule has 1 aromatic rings. The van der Waals surface area contributed by atoms with Crippen LogP contribution in [0.3, 0.4) is 0 Å². The van der Waals surface area contributed by atoms with Gasteiger partial charge in [-0.1, -0.05) is 0 Å². The Hall–Kier alpha value is -0.590.